The van der Waals surface area contributed by atoms with Gasteiger partial charge in [0.15, 0.2) is 0 Å². The number of hydrogen-bond acceptors (Lipinski definition) is 2. The summed E-state index contributed by atoms with van der Waals surface area (Å²) in [5.74, 6) is 0.741. The molecule has 1 unspecified atom stereocenters. The topological polar surface area (TPSA) is 29.9 Å². The molecule has 1 atom stereocenters. The number of nitrogens with zero attached hydrogens (tertiary/aromatic N) is 2. The van der Waals surface area contributed by atoms with E-state index in [1.54, 1.807) is 0 Å². The number of aromatic nitrogens is 2. The van der Waals surface area contributed by atoms with Crippen molar-refractivity contribution < 1.29 is 0 Å². The Morgan fingerprint density at radius 1 is 1.62 bits per heavy atom. The first-order valence-corrected chi connectivity index (χ1v) is 4.84. The van der Waals surface area contributed by atoms with Crippen LogP contribution < -0.4 is 5.32 Å². The Hall–Kier alpha value is -0.830. The first-order valence-electron chi connectivity index (χ1n) is 4.84. The zero-order valence-corrected chi connectivity index (χ0v) is 8.75. The van der Waals surface area contributed by atoms with Gasteiger partial charge in [0.2, 0.25) is 0 Å². The molecule has 13 heavy (non-hydrogen) atoms. The third-order valence-corrected chi connectivity index (χ3v) is 2.24. The Balaban J connectivity index is 2.26. The van der Waals surface area contributed by atoms with Gasteiger partial charge in [-0.2, -0.15) is 5.10 Å². The van der Waals surface area contributed by atoms with Crippen molar-refractivity contribution >= 4 is 0 Å². The van der Waals surface area contributed by atoms with Crippen LogP contribution in [0.2, 0.25) is 0 Å². The predicted octanol–water partition coefficient (Wildman–Crippen LogP) is 1.21. The quantitative estimate of drug-likeness (QED) is 0.740. The van der Waals surface area contributed by atoms with Gasteiger partial charge in [0.05, 0.1) is 6.20 Å². The molecular weight excluding hydrogens is 162 g/mol. The smallest absolute Gasteiger partial charge is 0.0521 e. The molecule has 1 heterocycles. The largest absolute Gasteiger partial charge is 0.319 e. The van der Waals surface area contributed by atoms with Crippen molar-refractivity contribution in [2.45, 2.75) is 19.8 Å². The van der Waals surface area contributed by atoms with Crippen LogP contribution in [0.4, 0.5) is 0 Å². The van der Waals surface area contributed by atoms with Crippen LogP contribution in [0.25, 0.3) is 0 Å². The zero-order valence-electron chi connectivity index (χ0n) is 8.75. The minimum Gasteiger partial charge on any atom is -0.319 e. The first kappa shape index (κ1) is 10.3. The average molecular weight is 181 g/mol. The second-order valence-electron chi connectivity index (χ2n) is 3.72. The molecule has 1 N–H and O–H groups in total. The fourth-order valence-corrected chi connectivity index (χ4v) is 1.46. The highest BCUT2D eigenvalue weighted by Crippen LogP contribution is 2.07. The second kappa shape index (κ2) is 5.02. The van der Waals surface area contributed by atoms with Crippen molar-refractivity contribution in [2.75, 3.05) is 13.6 Å². The summed E-state index contributed by atoms with van der Waals surface area (Å²) in [5.41, 5.74) is 1.34. The SMILES string of the molecule is CNCC(C)CCc1cnn(C)c1. The fraction of sp³-hybridized carbons (Fsp3) is 0.700. The number of nitrogens with one attached hydrogen (secondary N) is 1. The molecule has 74 valence electrons. The summed E-state index contributed by atoms with van der Waals surface area (Å²) < 4.78 is 1.86. The zero-order chi connectivity index (χ0) is 9.68. The lowest BCUT2D eigenvalue weighted by Crippen LogP contribution is -2.16. The van der Waals surface area contributed by atoms with E-state index < -0.39 is 0 Å². The van der Waals surface area contributed by atoms with Gasteiger partial charge in [0.1, 0.15) is 0 Å². The number of hydrogen-bond donors (Lipinski definition) is 1. The van der Waals surface area contributed by atoms with Gasteiger partial charge < -0.3 is 5.32 Å². The van der Waals surface area contributed by atoms with E-state index in [0.29, 0.717) is 0 Å². The molecule has 1 aromatic rings. The summed E-state index contributed by atoms with van der Waals surface area (Å²) in [7, 11) is 3.96. The van der Waals surface area contributed by atoms with Gasteiger partial charge in [-0.1, -0.05) is 6.92 Å². The molecule has 0 bridgehead atoms. The normalized spacial score (nSPS) is 13.2. The van der Waals surface area contributed by atoms with E-state index in [1.807, 2.05) is 25.0 Å². The maximum Gasteiger partial charge on any atom is 0.0521 e. The summed E-state index contributed by atoms with van der Waals surface area (Å²) in [6.45, 7) is 3.37. The summed E-state index contributed by atoms with van der Waals surface area (Å²) in [4.78, 5) is 0. The van der Waals surface area contributed by atoms with E-state index in [9.17, 15) is 0 Å². The highest BCUT2D eigenvalue weighted by Gasteiger charge is 2.02. The molecule has 0 spiro atoms. The van der Waals surface area contributed by atoms with E-state index in [4.69, 9.17) is 0 Å². The highest BCUT2D eigenvalue weighted by molar-refractivity contribution is 5.03. The molecule has 0 aliphatic rings. The van der Waals surface area contributed by atoms with Gasteiger partial charge in [0.25, 0.3) is 0 Å². The van der Waals surface area contributed by atoms with Crippen LogP contribution in [0, 0.1) is 5.92 Å². The van der Waals surface area contributed by atoms with Crippen LogP contribution in [0.5, 0.6) is 0 Å². The van der Waals surface area contributed by atoms with Gasteiger partial charge in [0, 0.05) is 13.2 Å². The van der Waals surface area contributed by atoms with Crippen LogP contribution in [0.3, 0.4) is 0 Å². The summed E-state index contributed by atoms with van der Waals surface area (Å²) in [6, 6.07) is 0. The Bertz CT molecular complexity index is 242. The molecular formula is C10H19N3. The van der Waals surface area contributed by atoms with Crippen molar-refractivity contribution in [3.63, 3.8) is 0 Å². The molecule has 0 fully saturated rings. The monoisotopic (exact) mass is 181 g/mol. The predicted molar refractivity (Wildman–Crippen MR) is 54.6 cm³/mol. The van der Waals surface area contributed by atoms with Crippen molar-refractivity contribution in [3.8, 4) is 0 Å². The Kier molecular flexibility index (Phi) is 3.96. The molecule has 1 aromatic heterocycles. The molecule has 0 saturated carbocycles. The molecule has 0 aliphatic heterocycles. The fourth-order valence-electron chi connectivity index (χ4n) is 1.46. The van der Waals surface area contributed by atoms with Crippen LogP contribution in [0.1, 0.15) is 18.9 Å². The van der Waals surface area contributed by atoms with Crippen LogP contribution in [-0.2, 0) is 13.5 Å². The minimum atomic E-state index is 0.741. The van der Waals surface area contributed by atoms with Crippen molar-refractivity contribution in [1.82, 2.24) is 15.1 Å². The maximum atomic E-state index is 4.14. The van der Waals surface area contributed by atoms with Gasteiger partial charge in [-0.25, -0.2) is 0 Å². The molecule has 0 amide bonds. The Labute approximate surface area is 80.1 Å². The molecule has 0 saturated heterocycles. The van der Waals surface area contributed by atoms with Crippen molar-refractivity contribution in [3.05, 3.63) is 18.0 Å². The summed E-state index contributed by atoms with van der Waals surface area (Å²) in [6.07, 6.45) is 6.40. The number of rotatable bonds is 5. The molecule has 3 nitrogen and oxygen atoms in total. The second-order valence-corrected chi connectivity index (χ2v) is 3.72. The van der Waals surface area contributed by atoms with Crippen molar-refractivity contribution in [1.29, 1.82) is 0 Å². The standard InChI is InChI=1S/C10H19N3/c1-9(6-11-2)4-5-10-7-12-13(3)8-10/h7-9,11H,4-6H2,1-3H3. The summed E-state index contributed by atoms with van der Waals surface area (Å²) in [5, 5.41) is 7.33. The van der Waals surface area contributed by atoms with Crippen LogP contribution in [0.15, 0.2) is 12.4 Å². The lowest BCUT2D eigenvalue weighted by molar-refractivity contribution is 0.505. The van der Waals surface area contributed by atoms with Gasteiger partial charge in [-0.15, -0.1) is 0 Å². The van der Waals surface area contributed by atoms with Gasteiger partial charge in [-0.05, 0) is 37.9 Å². The molecule has 0 aliphatic carbocycles. The Morgan fingerprint density at radius 3 is 2.92 bits per heavy atom. The lowest BCUT2D eigenvalue weighted by atomic mass is 10.0. The Morgan fingerprint density at radius 2 is 2.38 bits per heavy atom. The maximum absolute atomic E-state index is 4.14. The van der Waals surface area contributed by atoms with Crippen LogP contribution in [-0.4, -0.2) is 23.4 Å². The highest BCUT2D eigenvalue weighted by atomic mass is 15.2. The van der Waals surface area contributed by atoms with E-state index in [1.165, 1.54) is 12.0 Å². The molecule has 0 aromatic carbocycles. The van der Waals surface area contributed by atoms with Gasteiger partial charge in [-0.3, -0.25) is 4.68 Å². The third-order valence-electron chi connectivity index (χ3n) is 2.24. The lowest BCUT2D eigenvalue weighted by Gasteiger charge is -2.08. The van der Waals surface area contributed by atoms with Gasteiger partial charge >= 0.3 is 0 Å². The number of aryl methyl sites for hydroxylation is 2. The minimum absolute atomic E-state index is 0.741. The van der Waals surface area contributed by atoms with E-state index in [-0.39, 0.29) is 0 Å². The van der Waals surface area contributed by atoms with Crippen LogP contribution >= 0.6 is 0 Å². The molecule has 1 rings (SSSR count). The molecule has 0 radical (unpaired) electrons. The molecule has 3 heteroatoms. The summed E-state index contributed by atoms with van der Waals surface area (Å²) >= 11 is 0. The first-order chi connectivity index (χ1) is 6.22. The van der Waals surface area contributed by atoms with Crippen molar-refractivity contribution in [2.24, 2.45) is 13.0 Å². The van der Waals surface area contributed by atoms with E-state index in [2.05, 4.69) is 23.5 Å². The third kappa shape index (κ3) is 3.59. The average Bonchev–Trinajstić information content (AvgIpc) is 2.49. The van der Waals surface area contributed by atoms with E-state index in [0.717, 1.165) is 18.9 Å². The van der Waals surface area contributed by atoms with E-state index >= 15 is 0 Å².